The second-order valence-electron chi connectivity index (χ2n) is 14.9. The molecule has 4 aliphatic rings. The third kappa shape index (κ3) is 5.46. The number of aromatic nitrogens is 4. The van der Waals surface area contributed by atoms with Crippen LogP contribution in [-0.2, 0) is 9.36 Å². The van der Waals surface area contributed by atoms with Gasteiger partial charge in [0.15, 0.2) is 5.82 Å². The second kappa shape index (κ2) is 11.1. The minimum atomic E-state index is -1.94. The first-order valence-electron chi connectivity index (χ1n) is 16.2. The van der Waals surface area contributed by atoms with Crippen molar-refractivity contribution in [1.82, 2.24) is 29.8 Å². The Hall–Kier alpha value is -2.32. The number of carbonyl (C=O) groups excluding carboxylic acids is 1. The molecule has 0 unspecified atom stereocenters. The summed E-state index contributed by atoms with van der Waals surface area (Å²) in [7, 11) is -1.94. The molecule has 12 heteroatoms. The van der Waals surface area contributed by atoms with Gasteiger partial charge in [0.2, 0.25) is 5.91 Å². The van der Waals surface area contributed by atoms with E-state index < -0.39 is 7.14 Å². The summed E-state index contributed by atoms with van der Waals surface area (Å²) in [5.41, 5.74) is 3.85. The number of benzene rings is 1. The maximum atomic E-state index is 12.6. The Balaban J connectivity index is 1.21. The van der Waals surface area contributed by atoms with E-state index in [1.165, 1.54) is 6.08 Å². The zero-order valence-electron chi connectivity index (χ0n) is 26.8. The van der Waals surface area contributed by atoms with E-state index in [0.717, 1.165) is 111 Å². The summed E-state index contributed by atoms with van der Waals surface area (Å²) < 4.78 is 14.8. The summed E-state index contributed by atoms with van der Waals surface area (Å²) in [4.78, 5) is 19.0. The zero-order chi connectivity index (χ0) is 31.9. The van der Waals surface area contributed by atoms with Crippen LogP contribution in [0.5, 0.6) is 0 Å². The summed E-state index contributed by atoms with van der Waals surface area (Å²) in [5.74, 6) is 1.53. The van der Waals surface area contributed by atoms with Crippen molar-refractivity contribution in [2.24, 2.45) is 11.3 Å². The number of carbonyl (C=O) groups is 1. The fourth-order valence-corrected chi connectivity index (χ4v) is 10.7. The van der Waals surface area contributed by atoms with E-state index in [9.17, 15) is 9.36 Å². The van der Waals surface area contributed by atoms with Gasteiger partial charge < -0.3 is 19.3 Å². The zero-order valence-corrected chi connectivity index (χ0v) is 29.2. The number of H-pyrrole nitrogens is 1. The highest BCUT2D eigenvalue weighted by molar-refractivity contribution is 7.63. The molecule has 2 aromatic heterocycles. The second-order valence-corrected chi connectivity index (χ2v) is 19.2. The lowest BCUT2D eigenvalue weighted by Crippen LogP contribution is -2.63. The summed E-state index contributed by atoms with van der Waals surface area (Å²) in [6.45, 7) is 17.8. The number of likely N-dealkylation sites (tertiary alicyclic amines) is 1. The van der Waals surface area contributed by atoms with Gasteiger partial charge in [-0.3, -0.25) is 14.6 Å². The molecule has 1 spiro atoms. The Labute approximate surface area is 275 Å². The van der Waals surface area contributed by atoms with Gasteiger partial charge in [0.25, 0.3) is 0 Å². The van der Waals surface area contributed by atoms with E-state index in [1.807, 2.05) is 23.8 Å². The van der Waals surface area contributed by atoms with E-state index in [2.05, 4.69) is 52.0 Å². The van der Waals surface area contributed by atoms with Gasteiger partial charge >= 0.3 is 0 Å². The van der Waals surface area contributed by atoms with E-state index in [4.69, 9.17) is 28.3 Å². The van der Waals surface area contributed by atoms with Crippen LogP contribution in [-0.4, -0.2) is 99.5 Å². The molecule has 242 valence electrons. The number of fused-ring (bicyclic) bond motifs is 1. The molecule has 5 heterocycles. The van der Waals surface area contributed by atoms with Crippen LogP contribution in [0.25, 0.3) is 22.0 Å². The van der Waals surface area contributed by atoms with Crippen molar-refractivity contribution in [2.75, 3.05) is 63.2 Å². The van der Waals surface area contributed by atoms with Crippen LogP contribution >= 0.6 is 30.3 Å². The SMILES string of the molecule is C=CC(=O)N1CC2(CC(n3nc(N4CC[C@@H](CN5CCP(C)(=O)CC5)CC4(C)C)c(-c4c(Cl)c(Cl)cc5[nH]ncc45)c3C)C2)C1. The molecule has 1 aliphatic carbocycles. The Morgan fingerprint density at radius 2 is 1.87 bits per heavy atom. The fraction of sp³-hybridized carbons (Fsp3) is 0.606. The third-order valence-electron chi connectivity index (χ3n) is 11.1. The minimum absolute atomic E-state index is 0.0138. The lowest BCUT2D eigenvalue weighted by Gasteiger charge is -2.58. The van der Waals surface area contributed by atoms with Crippen LogP contribution in [0.15, 0.2) is 24.9 Å². The molecular formula is C33H44Cl2N7O2P. The topological polar surface area (TPSA) is 90.4 Å². The van der Waals surface area contributed by atoms with Crippen LogP contribution in [0.1, 0.15) is 51.3 Å². The minimum Gasteiger partial charge on any atom is -0.349 e. The maximum absolute atomic E-state index is 12.6. The standard InChI is InChI=1S/C33H44Cl2N7O2P/c1-6-27(43)40-19-33(20-40)15-23(16-33)42-21(2)28(29-24-17-36-37-26(24)13-25(34)30(29)35)31(38-42)41-8-7-22(14-32(41,3)4)18-39-9-11-45(5,44)12-10-39/h6,13,17,22-23H,1,7-12,14-16,18-20H2,2-5H3,(H,36,37)/t22-/m1/s1. The van der Waals surface area contributed by atoms with Crippen molar-refractivity contribution < 1.29 is 9.36 Å². The number of aromatic amines is 1. The molecule has 4 fully saturated rings. The smallest absolute Gasteiger partial charge is 0.245 e. The highest BCUT2D eigenvalue weighted by Crippen LogP contribution is 2.56. The first-order chi connectivity index (χ1) is 21.3. The van der Waals surface area contributed by atoms with E-state index in [-0.39, 0.29) is 22.9 Å². The van der Waals surface area contributed by atoms with E-state index in [0.29, 0.717) is 16.0 Å². The molecule has 1 aromatic carbocycles. The highest BCUT2D eigenvalue weighted by atomic mass is 35.5. The third-order valence-corrected chi connectivity index (χ3v) is 14.2. The molecule has 1 N–H and O–H groups in total. The van der Waals surface area contributed by atoms with Gasteiger partial charge in [-0.2, -0.15) is 10.2 Å². The number of piperidine rings is 1. The molecular weight excluding hydrogens is 628 g/mol. The van der Waals surface area contributed by atoms with Gasteiger partial charge in [-0.1, -0.05) is 29.8 Å². The lowest BCUT2D eigenvalue weighted by molar-refractivity contribution is -0.149. The number of rotatable bonds is 6. The van der Waals surface area contributed by atoms with Gasteiger partial charge in [-0.05, 0) is 71.2 Å². The molecule has 1 amide bonds. The predicted octanol–water partition coefficient (Wildman–Crippen LogP) is 6.69. The molecule has 0 radical (unpaired) electrons. The molecule has 45 heavy (non-hydrogen) atoms. The number of hydrogen-bond acceptors (Lipinski definition) is 6. The molecule has 3 aromatic rings. The largest absolute Gasteiger partial charge is 0.349 e. The number of anilines is 1. The van der Waals surface area contributed by atoms with Gasteiger partial charge in [0.1, 0.15) is 0 Å². The van der Waals surface area contributed by atoms with Crippen molar-refractivity contribution in [3.63, 3.8) is 0 Å². The Morgan fingerprint density at radius 3 is 2.53 bits per heavy atom. The summed E-state index contributed by atoms with van der Waals surface area (Å²) in [6, 6.07) is 2.09. The maximum Gasteiger partial charge on any atom is 0.245 e. The van der Waals surface area contributed by atoms with Crippen molar-refractivity contribution >= 4 is 53.0 Å². The lowest BCUT2D eigenvalue weighted by atomic mass is 9.60. The van der Waals surface area contributed by atoms with Crippen LogP contribution in [0.4, 0.5) is 5.82 Å². The first kappa shape index (κ1) is 31.3. The predicted molar refractivity (Wildman–Crippen MR) is 183 cm³/mol. The van der Waals surface area contributed by atoms with Crippen LogP contribution < -0.4 is 4.90 Å². The molecule has 7 rings (SSSR count). The van der Waals surface area contributed by atoms with Gasteiger partial charge in [-0.25, -0.2) is 0 Å². The van der Waals surface area contributed by atoms with Gasteiger partial charge in [0.05, 0.1) is 34.9 Å². The Bertz CT molecular complexity index is 1700. The first-order valence-corrected chi connectivity index (χ1v) is 19.5. The molecule has 9 nitrogen and oxygen atoms in total. The molecule has 3 aliphatic heterocycles. The van der Waals surface area contributed by atoms with Crippen LogP contribution in [0.3, 0.4) is 0 Å². The number of nitrogens with one attached hydrogen (secondary N) is 1. The Morgan fingerprint density at radius 1 is 1.16 bits per heavy atom. The van der Waals surface area contributed by atoms with Crippen molar-refractivity contribution in [3.05, 3.63) is 40.7 Å². The van der Waals surface area contributed by atoms with E-state index >= 15 is 0 Å². The number of nitrogens with zero attached hydrogens (tertiary/aromatic N) is 6. The summed E-state index contributed by atoms with van der Waals surface area (Å²) >= 11 is 13.8. The van der Waals surface area contributed by atoms with Crippen molar-refractivity contribution in [1.29, 1.82) is 0 Å². The van der Waals surface area contributed by atoms with Crippen molar-refractivity contribution in [3.8, 4) is 11.1 Å². The normalized spacial score (nSPS) is 24.5. The van der Waals surface area contributed by atoms with Crippen LogP contribution in [0, 0.1) is 18.3 Å². The number of amides is 1. The van der Waals surface area contributed by atoms with Crippen LogP contribution in [0.2, 0.25) is 10.0 Å². The van der Waals surface area contributed by atoms with E-state index in [1.54, 1.807) is 0 Å². The van der Waals surface area contributed by atoms with Gasteiger partial charge in [-0.15, -0.1) is 0 Å². The number of halogens is 2. The average molecular weight is 673 g/mol. The van der Waals surface area contributed by atoms with Crippen molar-refractivity contribution in [2.45, 2.75) is 58.0 Å². The summed E-state index contributed by atoms with van der Waals surface area (Å²) in [5, 5.41) is 14.8. The quantitative estimate of drug-likeness (QED) is 0.232. The average Bonchev–Trinajstić information content (AvgIpc) is 3.53. The molecule has 0 bridgehead atoms. The number of hydrogen-bond donors (Lipinski definition) is 1. The molecule has 1 saturated carbocycles. The summed E-state index contributed by atoms with van der Waals surface area (Å²) in [6.07, 6.45) is 9.01. The molecule has 1 atom stereocenters. The highest BCUT2D eigenvalue weighted by Gasteiger charge is 2.54. The fourth-order valence-electron chi connectivity index (χ4n) is 8.60. The monoisotopic (exact) mass is 671 g/mol. The molecule has 3 saturated heterocycles. The Kier molecular flexibility index (Phi) is 7.75. The van der Waals surface area contributed by atoms with Gasteiger partial charge in [0, 0.05) is 84.8 Å².